The number of rotatable bonds is 5. The van der Waals surface area contributed by atoms with E-state index in [1.165, 1.54) is 25.1 Å². The van der Waals surface area contributed by atoms with Crippen molar-refractivity contribution in [3.05, 3.63) is 29.9 Å². The molecule has 1 atom stereocenters. The van der Waals surface area contributed by atoms with Gasteiger partial charge in [0.05, 0.1) is 13.1 Å². The lowest BCUT2D eigenvalue weighted by Gasteiger charge is -2.35. The Balaban J connectivity index is 1.72. The molecule has 0 aliphatic carbocycles. The van der Waals surface area contributed by atoms with Crippen molar-refractivity contribution in [1.29, 1.82) is 0 Å². The van der Waals surface area contributed by atoms with Crippen LogP contribution >= 0.6 is 0 Å². The van der Waals surface area contributed by atoms with Crippen molar-refractivity contribution in [3.63, 3.8) is 0 Å². The van der Waals surface area contributed by atoms with Gasteiger partial charge in [0.25, 0.3) is 0 Å². The summed E-state index contributed by atoms with van der Waals surface area (Å²) in [6, 6.07) is 0.524. The third-order valence-electron chi connectivity index (χ3n) is 4.58. The Hall–Kier alpha value is -1.69. The highest BCUT2D eigenvalue weighted by atomic mass is 15.4. The molecule has 0 N–H and O–H groups in total. The van der Waals surface area contributed by atoms with Gasteiger partial charge in [0.1, 0.15) is 17.5 Å². The van der Waals surface area contributed by atoms with E-state index >= 15 is 0 Å². The summed E-state index contributed by atoms with van der Waals surface area (Å²) in [5, 5.41) is 4.53. The van der Waals surface area contributed by atoms with E-state index in [4.69, 9.17) is 0 Å². The van der Waals surface area contributed by atoms with Crippen LogP contribution in [0.25, 0.3) is 0 Å². The highest BCUT2D eigenvalue weighted by Gasteiger charge is 2.25. The minimum atomic E-state index is 0.524. The lowest BCUT2D eigenvalue weighted by molar-refractivity contribution is 0.116. The summed E-state index contributed by atoms with van der Waals surface area (Å²) in [7, 11) is 0. The zero-order valence-corrected chi connectivity index (χ0v) is 13.9. The van der Waals surface area contributed by atoms with Crippen LogP contribution in [0.5, 0.6) is 0 Å². The lowest BCUT2D eigenvalue weighted by Crippen LogP contribution is -2.42. The predicted octanol–water partition coefficient (Wildman–Crippen LogP) is 2.17. The monoisotopic (exact) mass is 302 g/mol. The van der Waals surface area contributed by atoms with Gasteiger partial charge < -0.3 is 4.57 Å². The Labute approximate surface area is 132 Å². The van der Waals surface area contributed by atoms with Gasteiger partial charge >= 0.3 is 0 Å². The van der Waals surface area contributed by atoms with E-state index in [-0.39, 0.29) is 0 Å². The number of aryl methyl sites for hydroxylation is 3. The van der Waals surface area contributed by atoms with E-state index in [0.29, 0.717) is 6.04 Å². The van der Waals surface area contributed by atoms with Gasteiger partial charge in [-0.15, -0.1) is 0 Å². The zero-order valence-electron chi connectivity index (χ0n) is 13.9. The smallest absolute Gasteiger partial charge is 0.147 e. The molecule has 0 amide bonds. The molecule has 1 saturated heterocycles. The van der Waals surface area contributed by atoms with Crippen molar-refractivity contribution in [2.24, 2.45) is 0 Å². The summed E-state index contributed by atoms with van der Waals surface area (Å²) in [5.74, 6) is 3.04. The molecule has 120 valence electrons. The van der Waals surface area contributed by atoms with Gasteiger partial charge in [-0.05, 0) is 40.2 Å². The van der Waals surface area contributed by atoms with Gasteiger partial charge in [-0.25, -0.2) is 14.6 Å². The number of aromatic nitrogens is 5. The van der Waals surface area contributed by atoms with Gasteiger partial charge in [0, 0.05) is 25.0 Å². The van der Waals surface area contributed by atoms with E-state index in [1.807, 2.05) is 20.0 Å². The molecule has 1 aliphatic heterocycles. The highest BCUT2D eigenvalue weighted by molar-refractivity contribution is 4.95. The third kappa shape index (κ3) is 3.21. The number of nitrogens with zero attached hydrogens (tertiary/aromatic N) is 6. The normalized spacial score (nSPS) is 19.7. The molecule has 0 unspecified atom stereocenters. The maximum atomic E-state index is 4.53. The van der Waals surface area contributed by atoms with Crippen LogP contribution in [-0.4, -0.2) is 41.8 Å². The van der Waals surface area contributed by atoms with E-state index in [1.54, 1.807) is 0 Å². The molecule has 0 spiro atoms. The van der Waals surface area contributed by atoms with E-state index in [0.717, 1.165) is 37.8 Å². The molecule has 0 aromatic carbocycles. The SMILES string of the molecule is CCn1ccnc1CN1CCCC[C@H]1Cn1nc(C)nc1C. The Morgan fingerprint density at radius 1 is 1.27 bits per heavy atom. The Morgan fingerprint density at radius 3 is 2.86 bits per heavy atom. The number of hydrogen-bond acceptors (Lipinski definition) is 4. The van der Waals surface area contributed by atoms with Crippen molar-refractivity contribution < 1.29 is 0 Å². The fourth-order valence-electron chi connectivity index (χ4n) is 3.37. The topological polar surface area (TPSA) is 51.8 Å². The van der Waals surface area contributed by atoms with Crippen LogP contribution in [-0.2, 0) is 19.6 Å². The molecular weight excluding hydrogens is 276 g/mol. The average molecular weight is 302 g/mol. The maximum Gasteiger partial charge on any atom is 0.147 e. The molecule has 22 heavy (non-hydrogen) atoms. The van der Waals surface area contributed by atoms with Gasteiger partial charge in [0.15, 0.2) is 0 Å². The van der Waals surface area contributed by atoms with Crippen molar-refractivity contribution >= 4 is 0 Å². The fourth-order valence-corrected chi connectivity index (χ4v) is 3.37. The molecule has 2 aromatic rings. The first-order chi connectivity index (χ1) is 10.7. The minimum absolute atomic E-state index is 0.524. The second-order valence-corrected chi connectivity index (χ2v) is 6.14. The molecule has 3 heterocycles. The first kappa shape index (κ1) is 15.2. The van der Waals surface area contributed by atoms with Gasteiger partial charge in [0.2, 0.25) is 0 Å². The second kappa shape index (κ2) is 6.60. The van der Waals surface area contributed by atoms with E-state index < -0.39 is 0 Å². The summed E-state index contributed by atoms with van der Waals surface area (Å²) in [6.45, 7) is 10.2. The number of hydrogen-bond donors (Lipinski definition) is 0. The number of likely N-dealkylation sites (tertiary alicyclic amines) is 1. The summed E-state index contributed by atoms with van der Waals surface area (Å²) < 4.78 is 4.29. The molecule has 3 rings (SSSR count). The van der Waals surface area contributed by atoms with Gasteiger partial charge in [-0.1, -0.05) is 6.42 Å². The van der Waals surface area contributed by atoms with Gasteiger partial charge in [-0.2, -0.15) is 5.10 Å². The van der Waals surface area contributed by atoms with Crippen LogP contribution in [0.3, 0.4) is 0 Å². The molecular formula is C16H26N6. The minimum Gasteiger partial charge on any atom is -0.334 e. The average Bonchev–Trinajstić information content (AvgIpc) is 3.07. The summed E-state index contributed by atoms with van der Waals surface area (Å²) in [5.41, 5.74) is 0. The summed E-state index contributed by atoms with van der Waals surface area (Å²) >= 11 is 0. The molecule has 1 fully saturated rings. The van der Waals surface area contributed by atoms with Crippen molar-refractivity contribution in [2.75, 3.05) is 6.54 Å². The molecule has 0 saturated carbocycles. The molecule has 2 aromatic heterocycles. The van der Waals surface area contributed by atoms with Crippen LogP contribution in [0, 0.1) is 13.8 Å². The standard InChI is InChI=1S/C16H26N6/c1-4-20-10-8-17-16(20)12-21-9-6-5-7-15(21)11-22-14(3)18-13(2)19-22/h8,10,15H,4-7,9,11-12H2,1-3H3/t15-/m0/s1. The molecule has 0 bridgehead atoms. The zero-order chi connectivity index (χ0) is 15.5. The molecule has 6 nitrogen and oxygen atoms in total. The predicted molar refractivity (Wildman–Crippen MR) is 85.4 cm³/mol. The second-order valence-electron chi connectivity index (χ2n) is 6.14. The van der Waals surface area contributed by atoms with Crippen LogP contribution < -0.4 is 0 Å². The van der Waals surface area contributed by atoms with E-state index in [9.17, 15) is 0 Å². The Morgan fingerprint density at radius 2 is 2.14 bits per heavy atom. The van der Waals surface area contributed by atoms with Crippen LogP contribution in [0.4, 0.5) is 0 Å². The Kier molecular flexibility index (Phi) is 4.57. The van der Waals surface area contributed by atoms with Crippen molar-refractivity contribution in [3.8, 4) is 0 Å². The first-order valence-electron chi connectivity index (χ1n) is 8.29. The third-order valence-corrected chi connectivity index (χ3v) is 4.58. The molecule has 0 radical (unpaired) electrons. The van der Waals surface area contributed by atoms with E-state index in [2.05, 4.69) is 42.3 Å². The first-order valence-corrected chi connectivity index (χ1v) is 8.29. The lowest BCUT2D eigenvalue weighted by atomic mass is 10.0. The van der Waals surface area contributed by atoms with Crippen LogP contribution in [0.2, 0.25) is 0 Å². The Bertz CT molecular complexity index is 614. The van der Waals surface area contributed by atoms with Crippen LogP contribution in [0.1, 0.15) is 43.7 Å². The fraction of sp³-hybridized carbons (Fsp3) is 0.688. The highest BCUT2D eigenvalue weighted by Crippen LogP contribution is 2.21. The van der Waals surface area contributed by atoms with Crippen LogP contribution in [0.15, 0.2) is 12.4 Å². The van der Waals surface area contributed by atoms with Crippen molar-refractivity contribution in [1.82, 2.24) is 29.2 Å². The maximum absolute atomic E-state index is 4.53. The van der Waals surface area contributed by atoms with Crippen molar-refractivity contribution in [2.45, 2.75) is 65.7 Å². The number of piperidine rings is 1. The summed E-state index contributed by atoms with van der Waals surface area (Å²) in [4.78, 5) is 11.5. The molecule has 6 heteroatoms. The molecule has 1 aliphatic rings. The summed E-state index contributed by atoms with van der Waals surface area (Å²) in [6.07, 6.45) is 7.78. The quantitative estimate of drug-likeness (QED) is 0.849. The largest absolute Gasteiger partial charge is 0.334 e. The number of imidazole rings is 1. The van der Waals surface area contributed by atoms with Gasteiger partial charge in [-0.3, -0.25) is 4.90 Å².